The molecule has 138 valence electrons. The predicted molar refractivity (Wildman–Crippen MR) is 81.4 cm³/mol. The number of aliphatic hydroxyl groups is 1. The van der Waals surface area contributed by atoms with Crippen molar-refractivity contribution in [3.8, 4) is 0 Å². The minimum Gasteiger partial charge on any atom is -0.389 e. The van der Waals surface area contributed by atoms with Gasteiger partial charge in [0.25, 0.3) is 0 Å². The molecule has 1 N–H and O–H groups in total. The van der Waals surface area contributed by atoms with Gasteiger partial charge < -0.3 is 10.0 Å². The molecule has 0 spiro atoms. The summed E-state index contributed by atoms with van der Waals surface area (Å²) in [4.78, 5) is 16.4. The van der Waals surface area contributed by atoms with Gasteiger partial charge in [0.05, 0.1) is 29.5 Å². The molecule has 26 heavy (non-hydrogen) atoms. The number of amides is 1. The van der Waals surface area contributed by atoms with Crippen molar-refractivity contribution in [1.82, 2.24) is 4.98 Å². The van der Waals surface area contributed by atoms with Crippen molar-refractivity contribution in [3.63, 3.8) is 0 Å². The molecule has 0 fully saturated rings. The standard InChI is InChI=1S/C17H13F5N2O2/c1-9(25)12-3-2-4-13-14(12)16(18,19)15(26)24(13)8-10-5-11(7-23-6-10)17(20,21)22/h2-7,9,25H,8H2,1H3/t9-/m0/s1. The van der Waals surface area contributed by atoms with Crippen LogP contribution in [-0.2, 0) is 23.4 Å². The molecule has 0 unspecified atom stereocenters. The normalized spacial score (nSPS) is 17.3. The molecular formula is C17H13F5N2O2. The van der Waals surface area contributed by atoms with Crippen LogP contribution in [0.3, 0.4) is 0 Å². The Balaban J connectivity index is 2.04. The van der Waals surface area contributed by atoms with Gasteiger partial charge >= 0.3 is 18.0 Å². The van der Waals surface area contributed by atoms with Crippen LogP contribution >= 0.6 is 0 Å². The van der Waals surface area contributed by atoms with E-state index in [1.807, 2.05) is 0 Å². The van der Waals surface area contributed by atoms with Gasteiger partial charge in [-0.25, -0.2) is 0 Å². The van der Waals surface area contributed by atoms with E-state index in [0.717, 1.165) is 12.3 Å². The molecule has 4 nitrogen and oxygen atoms in total. The Hall–Kier alpha value is -2.55. The summed E-state index contributed by atoms with van der Waals surface area (Å²) >= 11 is 0. The highest BCUT2D eigenvalue weighted by Gasteiger charge is 2.54. The number of hydrogen-bond acceptors (Lipinski definition) is 3. The molecule has 1 aliphatic heterocycles. The van der Waals surface area contributed by atoms with E-state index in [4.69, 9.17) is 0 Å². The predicted octanol–water partition coefficient (Wildman–Crippen LogP) is 3.79. The number of carbonyl (C=O) groups excluding carboxylic acids is 1. The van der Waals surface area contributed by atoms with E-state index in [1.165, 1.54) is 25.1 Å². The second kappa shape index (κ2) is 6.01. The highest BCUT2D eigenvalue weighted by Crippen LogP contribution is 2.48. The number of benzene rings is 1. The minimum absolute atomic E-state index is 0.0423. The summed E-state index contributed by atoms with van der Waals surface area (Å²) in [5, 5.41) is 9.71. The van der Waals surface area contributed by atoms with Gasteiger partial charge in [0.2, 0.25) is 0 Å². The molecule has 0 saturated carbocycles. The van der Waals surface area contributed by atoms with Gasteiger partial charge in [-0.05, 0) is 30.2 Å². The Bertz CT molecular complexity index is 864. The lowest BCUT2D eigenvalue weighted by molar-refractivity contribution is -0.141. The van der Waals surface area contributed by atoms with Crippen LogP contribution in [0.25, 0.3) is 0 Å². The molecule has 0 radical (unpaired) electrons. The van der Waals surface area contributed by atoms with Crippen LogP contribution in [0, 0.1) is 0 Å². The number of hydrogen-bond donors (Lipinski definition) is 1. The van der Waals surface area contributed by atoms with Crippen LogP contribution in [-0.4, -0.2) is 16.0 Å². The zero-order valence-corrected chi connectivity index (χ0v) is 13.4. The first-order valence-electron chi connectivity index (χ1n) is 7.56. The van der Waals surface area contributed by atoms with Gasteiger partial charge in [0, 0.05) is 12.4 Å². The van der Waals surface area contributed by atoms with Crippen molar-refractivity contribution in [1.29, 1.82) is 0 Å². The van der Waals surface area contributed by atoms with E-state index < -0.39 is 41.8 Å². The van der Waals surface area contributed by atoms with Crippen molar-refractivity contribution >= 4 is 11.6 Å². The Morgan fingerprint density at radius 3 is 2.58 bits per heavy atom. The van der Waals surface area contributed by atoms with E-state index >= 15 is 0 Å². The zero-order chi connectivity index (χ0) is 19.3. The smallest absolute Gasteiger partial charge is 0.389 e. The number of carbonyl (C=O) groups is 1. The number of aromatic nitrogens is 1. The third-order valence-electron chi connectivity index (χ3n) is 4.11. The van der Waals surface area contributed by atoms with Crippen molar-refractivity contribution in [2.24, 2.45) is 0 Å². The van der Waals surface area contributed by atoms with Crippen molar-refractivity contribution in [2.45, 2.75) is 31.7 Å². The summed E-state index contributed by atoms with van der Waals surface area (Å²) < 4.78 is 67.3. The van der Waals surface area contributed by atoms with Crippen molar-refractivity contribution in [3.05, 3.63) is 58.9 Å². The first kappa shape index (κ1) is 18.2. The van der Waals surface area contributed by atoms with E-state index in [0.29, 0.717) is 11.1 Å². The zero-order valence-electron chi connectivity index (χ0n) is 13.4. The molecule has 0 aliphatic carbocycles. The third-order valence-corrected chi connectivity index (χ3v) is 4.11. The lowest BCUT2D eigenvalue weighted by Gasteiger charge is -2.18. The fourth-order valence-corrected chi connectivity index (χ4v) is 2.93. The van der Waals surface area contributed by atoms with Gasteiger partial charge in [0.1, 0.15) is 0 Å². The number of fused-ring (bicyclic) bond motifs is 1. The Morgan fingerprint density at radius 2 is 1.96 bits per heavy atom. The van der Waals surface area contributed by atoms with Crippen LogP contribution in [0.2, 0.25) is 0 Å². The Kier molecular flexibility index (Phi) is 4.22. The molecule has 1 aromatic heterocycles. The van der Waals surface area contributed by atoms with Crippen molar-refractivity contribution < 1.29 is 31.9 Å². The summed E-state index contributed by atoms with van der Waals surface area (Å²) in [7, 11) is 0. The number of alkyl halides is 5. The molecule has 9 heteroatoms. The number of nitrogens with zero attached hydrogens (tertiary/aromatic N) is 2. The number of rotatable bonds is 3. The molecule has 1 aliphatic rings. The first-order valence-corrected chi connectivity index (χ1v) is 7.56. The molecule has 1 amide bonds. The maximum absolute atomic E-state index is 14.5. The molecular weight excluding hydrogens is 359 g/mol. The lowest BCUT2D eigenvalue weighted by atomic mass is 9.98. The first-order chi connectivity index (χ1) is 12.0. The topological polar surface area (TPSA) is 53.4 Å². The number of aliphatic hydroxyl groups excluding tert-OH is 1. The summed E-state index contributed by atoms with van der Waals surface area (Å²) in [5.41, 5.74) is -1.95. The van der Waals surface area contributed by atoms with Gasteiger partial charge in [-0.3, -0.25) is 9.78 Å². The third kappa shape index (κ3) is 2.92. The van der Waals surface area contributed by atoms with Crippen LogP contribution in [0.1, 0.15) is 35.3 Å². The molecule has 2 heterocycles. The molecule has 0 bridgehead atoms. The summed E-state index contributed by atoms with van der Waals surface area (Å²) in [6, 6.07) is 4.70. The molecule has 1 aromatic carbocycles. The average Bonchev–Trinajstić information content (AvgIpc) is 2.75. The number of anilines is 1. The largest absolute Gasteiger partial charge is 0.417 e. The van der Waals surface area contributed by atoms with Gasteiger partial charge in [-0.2, -0.15) is 22.0 Å². The molecule has 1 atom stereocenters. The maximum Gasteiger partial charge on any atom is 0.417 e. The molecule has 2 aromatic rings. The second-order valence-electron chi connectivity index (χ2n) is 5.96. The fraction of sp³-hybridized carbons (Fsp3) is 0.294. The van der Waals surface area contributed by atoms with E-state index in [-0.39, 0.29) is 16.8 Å². The maximum atomic E-state index is 14.5. The highest BCUT2D eigenvalue weighted by atomic mass is 19.4. The van der Waals surface area contributed by atoms with Crippen LogP contribution in [0.4, 0.5) is 27.6 Å². The van der Waals surface area contributed by atoms with Crippen LogP contribution in [0.15, 0.2) is 36.7 Å². The summed E-state index contributed by atoms with van der Waals surface area (Å²) in [5.74, 6) is -5.43. The quantitative estimate of drug-likeness (QED) is 0.834. The Labute approximate surface area is 144 Å². The van der Waals surface area contributed by atoms with E-state index in [1.54, 1.807) is 0 Å². The Morgan fingerprint density at radius 1 is 1.27 bits per heavy atom. The van der Waals surface area contributed by atoms with Crippen LogP contribution in [0.5, 0.6) is 0 Å². The lowest BCUT2D eigenvalue weighted by Crippen LogP contribution is -2.34. The minimum atomic E-state index is -4.64. The van der Waals surface area contributed by atoms with Gasteiger partial charge in [-0.15, -0.1) is 0 Å². The van der Waals surface area contributed by atoms with Crippen molar-refractivity contribution in [2.75, 3.05) is 4.90 Å². The number of halogens is 5. The van der Waals surface area contributed by atoms with E-state index in [9.17, 15) is 31.9 Å². The number of pyridine rings is 1. The fourth-order valence-electron chi connectivity index (χ4n) is 2.93. The van der Waals surface area contributed by atoms with Gasteiger partial charge in [-0.1, -0.05) is 12.1 Å². The summed E-state index contributed by atoms with van der Waals surface area (Å²) in [6.07, 6.45) is -4.18. The van der Waals surface area contributed by atoms with Gasteiger partial charge in [0.15, 0.2) is 0 Å². The summed E-state index contributed by atoms with van der Waals surface area (Å²) in [6.45, 7) is 0.789. The van der Waals surface area contributed by atoms with E-state index in [2.05, 4.69) is 4.98 Å². The monoisotopic (exact) mass is 372 g/mol. The average molecular weight is 372 g/mol. The van der Waals surface area contributed by atoms with Crippen LogP contribution < -0.4 is 4.90 Å². The SMILES string of the molecule is C[C@H](O)c1cccc2c1C(F)(F)C(=O)N2Cc1cncc(C(F)(F)F)c1. The molecule has 3 rings (SSSR count). The highest BCUT2D eigenvalue weighted by molar-refractivity contribution is 6.06. The molecule has 0 saturated heterocycles. The second-order valence-corrected chi connectivity index (χ2v) is 5.96.